The molecule has 1 saturated carbocycles. The van der Waals surface area contributed by atoms with Gasteiger partial charge in [-0.1, -0.05) is 60.7 Å². The Morgan fingerprint density at radius 3 is 2.51 bits per heavy atom. The van der Waals surface area contributed by atoms with E-state index in [2.05, 4.69) is 21.0 Å². The number of amides is 2. The second-order valence-corrected chi connectivity index (χ2v) is 13.6. The first kappa shape index (κ1) is 33.0. The number of nitrogens with zero attached hydrogens (tertiary/aromatic N) is 2. The number of aliphatic hydroxyl groups is 1. The van der Waals surface area contributed by atoms with Gasteiger partial charge in [0.05, 0.1) is 24.9 Å². The molecule has 7 atom stereocenters. The van der Waals surface area contributed by atoms with Crippen LogP contribution in [0.2, 0.25) is 0 Å². The van der Waals surface area contributed by atoms with Crippen molar-refractivity contribution in [3.8, 4) is 0 Å². The van der Waals surface area contributed by atoms with Gasteiger partial charge >= 0.3 is 6.09 Å². The first-order valence-corrected chi connectivity index (χ1v) is 17.0. The summed E-state index contributed by atoms with van der Waals surface area (Å²) >= 11 is 0. The number of aliphatic hydroxyl groups excluding tert-OH is 1. The summed E-state index contributed by atoms with van der Waals surface area (Å²) < 4.78 is 23.6. The van der Waals surface area contributed by atoms with Gasteiger partial charge in [-0.25, -0.2) is 9.80 Å². The number of hydrazine groups is 1. The van der Waals surface area contributed by atoms with Crippen LogP contribution in [0.15, 0.2) is 83.3 Å². The zero-order valence-electron chi connectivity index (χ0n) is 27.7. The molecule has 12 nitrogen and oxygen atoms in total. The van der Waals surface area contributed by atoms with Gasteiger partial charge in [-0.15, -0.1) is 0 Å². The highest BCUT2D eigenvalue weighted by Crippen LogP contribution is 2.46. The molecule has 12 heteroatoms. The number of carbonyl (C=O) groups excluding carboxylic acids is 2. The number of hydrogen-bond acceptors (Lipinski definition) is 10. The van der Waals surface area contributed by atoms with Crippen LogP contribution in [0.4, 0.5) is 10.8 Å². The number of benzene rings is 3. The van der Waals surface area contributed by atoms with Crippen molar-refractivity contribution in [1.29, 1.82) is 0 Å². The molecule has 49 heavy (non-hydrogen) atoms. The lowest BCUT2D eigenvalue weighted by Gasteiger charge is -2.37. The number of aromatic nitrogens is 1. The van der Waals surface area contributed by atoms with Crippen molar-refractivity contribution < 1.29 is 33.3 Å². The molecule has 0 radical (unpaired) electrons. The highest BCUT2D eigenvalue weighted by molar-refractivity contribution is 5.97. The zero-order valence-corrected chi connectivity index (χ0v) is 27.7. The Bertz CT molecular complexity index is 1730. The Kier molecular flexibility index (Phi) is 9.81. The van der Waals surface area contributed by atoms with Crippen molar-refractivity contribution in [1.82, 2.24) is 20.7 Å². The van der Waals surface area contributed by atoms with Gasteiger partial charge in [0.25, 0.3) is 11.9 Å². The number of alkyl carbamates (subject to hydrolysis) is 1. The van der Waals surface area contributed by atoms with Crippen LogP contribution in [-0.2, 0) is 27.2 Å². The van der Waals surface area contributed by atoms with Gasteiger partial charge in [-0.05, 0) is 62.4 Å². The minimum atomic E-state index is -1.09. The number of hydrogen-bond donors (Lipinski definition) is 4. The molecule has 1 aromatic heterocycles. The molecule has 2 saturated heterocycles. The van der Waals surface area contributed by atoms with Gasteiger partial charge in [0, 0.05) is 36.5 Å². The minimum absolute atomic E-state index is 0.0159. The fraction of sp³-hybridized carbons (Fsp3) is 0.432. The van der Waals surface area contributed by atoms with E-state index in [9.17, 15) is 14.7 Å². The van der Waals surface area contributed by atoms with E-state index in [0.29, 0.717) is 48.2 Å². The zero-order chi connectivity index (χ0) is 33.9. The third kappa shape index (κ3) is 7.88. The van der Waals surface area contributed by atoms with E-state index in [4.69, 9.17) is 18.6 Å². The van der Waals surface area contributed by atoms with Gasteiger partial charge in [-0.2, -0.15) is 4.98 Å². The molecule has 3 bridgehead atoms. The fourth-order valence-corrected chi connectivity index (χ4v) is 7.08. The summed E-state index contributed by atoms with van der Waals surface area (Å²) in [6, 6.07) is 24.2. The van der Waals surface area contributed by atoms with Crippen LogP contribution in [0, 0.1) is 11.8 Å². The summed E-state index contributed by atoms with van der Waals surface area (Å²) in [7, 11) is 0. The number of anilines is 1. The lowest BCUT2D eigenvalue weighted by atomic mass is 9.78. The molecule has 7 rings (SSSR count). The van der Waals surface area contributed by atoms with Crippen molar-refractivity contribution >= 4 is 29.1 Å². The molecular formula is C37H43N5O7. The quantitative estimate of drug-likeness (QED) is 0.149. The minimum Gasteiger partial charge on any atom is -0.443 e. The summed E-state index contributed by atoms with van der Waals surface area (Å²) in [5.74, 6) is 0.0572. The van der Waals surface area contributed by atoms with Crippen LogP contribution in [0.3, 0.4) is 0 Å². The van der Waals surface area contributed by atoms with Crippen LogP contribution in [0.25, 0.3) is 11.1 Å². The second kappa shape index (κ2) is 14.6. The van der Waals surface area contributed by atoms with Crippen molar-refractivity contribution in [2.75, 3.05) is 18.5 Å². The summed E-state index contributed by atoms with van der Waals surface area (Å²) in [6.45, 7) is 4.80. The summed E-state index contributed by atoms with van der Waals surface area (Å²) in [4.78, 5) is 31.5. The standard InChI is InChI=1S/C37H43N5O7/c1-22(2)38-36-39-29-17-25(13-14-31(29)48-36)34(44)41-42(19-24-11-7-4-8-12-24)20-30(43)28(15-23-9-5-3-6-10-23)40-37(45)49-33-27-16-26-18-32(33)47-35(26)46-21-27/h3-14,17,22,26-28,30,32-33,35,43H,15-16,18-21H2,1-2H3,(H,38,39)(H,40,45)(H,41,44)/t26?,27?,28-,30+,32?,33?,35?/m0/s1. The maximum absolute atomic E-state index is 13.6. The molecule has 1 aliphatic carbocycles. The molecule has 4 aromatic rings. The Balaban J connectivity index is 1.07. The third-order valence-corrected chi connectivity index (χ3v) is 9.39. The largest absolute Gasteiger partial charge is 0.443 e. The predicted octanol–water partition coefficient (Wildman–Crippen LogP) is 4.64. The summed E-state index contributed by atoms with van der Waals surface area (Å²) in [5, 5.41) is 19.5. The van der Waals surface area contributed by atoms with Crippen LogP contribution in [0.5, 0.6) is 0 Å². The van der Waals surface area contributed by atoms with Crippen LogP contribution in [0.1, 0.15) is 48.2 Å². The van der Waals surface area contributed by atoms with Crippen LogP contribution < -0.4 is 16.1 Å². The van der Waals surface area contributed by atoms with Gasteiger partial charge in [-0.3, -0.25) is 10.2 Å². The van der Waals surface area contributed by atoms with E-state index in [0.717, 1.165) is 24.0 Å². The van der Waals surface area contributed by atoms with Crippen molar-refractivity contribution in [3.63, 3.8) is 0 Å². The molecule has 2 aliphatic heterocycles. The molecule has 2 amide bonds. The number of ether oxygens (including phenoxy) is 3. The maximum atomic E-state index is 13.6. The first-order chi connectivity index (χ1) is 23.8. The van der Waals surface area contributed by atoms with E-state index >= 15 is 0 Å². The number of nitrogens with one attached hydrogen (secondary N) is 3. The third-order valence-electron chi connectivity index (χ3n) is 9.39. The predicted molar refractivity (Wildman–Crippen MR) is 181 cm³/mol. The summed E-state index contributed by atoms with van der Waals surface area (Å²) in [6.07, 6.45) is -0.455. The van der Waals surface area contributed by atoms with Gasteiger partial charge in [0.15, 0.2) is 11.9 Å². The fourth-order valence-electron chi connectivity index (χ4n) is 7.08. The average Bonchev–Trinajstić information content (AvgIpc) is 3.62. The lowest BCUT2D eigenvalue weighted by Crippen LogP contribution is -2.54. The smallest absolute Gasteiger partial charge is 0.407 e. The lowest BCUT2D eigenvalue weighted by molar-refractivity contribution is -0.153. The van der Waals surface area contributed by atoms with Gasteiger partial charge in [0.2, 0.25) is 0 Å². The van der Waals surface area contributed by atoms with E-state index < -0.39 is 24.3 Å². The van der Waals surface area contributed by atoms with Crippen molar-refractivity contribution in [2.45, 2.75) is 76.3 Å². The average molecular weight is 670 g/mol. The molecule has 3 heterocycles. The molecule has 3 aliphatic rings. The van der Waals surface area contributed by atoms with Crippen molar-refractivity contribution in [3.05, 3.63) is 95.6 Å². The SMILES string of the molecule is CC(C)Nc1nc2cc(C(=O)NN(Cc3ccccc3)C[C@@H](O)[C@H](Cc3ccccc3)NC(=O)OC3C4COC5OC3CC5C4)ccc2o1. The molecule has 3 aromatic carbocycles. The normalized spacial score (nSPS) is 23.8. The highest BCUT2D eigenvalue weighted by atomic mass is 16.7. The molecule has 4 N–H and O–H groups in total. The molecule has 0 spiro atoms. The molecular weight excluding hydrogens is 626 g/mol. The topological polar surface area (TPSA) is 147 Å². The van der Waals surface area contributed by atoms with Gasteiger partial charge in [0.1, 0.15) is 11.6 Å². The van der Waals surface area contributed by atoms with E-state index in [1.54, 1.807) is 23.2 Å². The second-order valence-electron chi connectivity index (χ2n) is 13.6. The monoisotopic (exact) mass is 669 g/mol. The van der Waals surface area contributed by atoms with Crippen LogP contribution in [-0.4, -0.2) is 76.9 Å². The van der Waals surface area contributed by atoms with E-state index in [-0.39, 0.29) is 36.8 Å². The number of carbonyl (C=O) groups is 2. The van der Waals surface area contributed by atoms with Crippen molar-refractivity contribution in [2.24, 2.45) is 11.8 Å². The highest BCUT2D eigenvalue weighted by Gasteiger charge is 2.53. The Morgan fingerprint density at radius 2 is 1.76 bits per heavy atom. The Hall–Kier alpha value is -4.49. The maximum Gasteiger partial charge on any atom is 0.407 e. The van der Waals surface area contributed by atoms with E-state index in [1.807, 2.05) is 74.5 Å². The first-order valence-electron chi connectivity index (χ1n) is 17.0. The Morgan fingerprint density at radius 1 is 1.00 bits per heavy atom. The van der Waals surface area contributed by atoms with E-state index in [1.165, 1.54) is 0 Å². The van der Waals surface area contributed by atoms with Gasteiger partial charge < -0.3 is 34.4 Å². The molecule has 258 valence electrons. The number of rotatable bonds is 13. The number of fused-ring (bicyclic) bond motifs is 3. The Labute approximate surface area is 285 Å². The molecule has 3 fully saturated rings. The summed E-state index contributed by atoms with van der Waals surface area (Å²) in [5.41, 5.74) is 6.34. The number of oxazole rings is 1. The van der Waals surface area contributed by atoms with Crippen LogP contribution >= 0.6 is 0 Å². The molecule has 5 unspecified atom stereocenters.